The molecule has 0 spiro atoms. The number of benzene rings is 1. The van der Waals surface area contributed by atoms with E-state index in [1.165, 1.54) is 11.0 Å². The lowest BCUT2D eigenvalue weighted by molar-refractivity contribution is -0.214. The maximum absolute atomic E-state index is 13.5. The van der Waals surface area contributed by atoms with Gasteiger partial charge in [0, 0.05) is 31.6 Å². The van der Waals surface area contributed by atoms with Gasteiger partial charge >= 0.3 is 12.4 Å². The Bertz CT molecular complexity index is 883. The first-order valence-corrected chi connectivity index (χ1v) is 8.82. The third-order valence-electron chi connectivity index (χ3n) is 4.89. The molecule has 0 N–H and O–H groups in total. The molecular formula is C18H15F6N3O3. The van der Waals surface area contributed by atoms with Gasteiger partial charge in [-0.2, -0.15) is 31.6 Å². The SMILES string of the molecule is N#Cc1ccc(N2C[C@@H](C(=O)N3CCC(=O)CC3)O[C@@H]2C(F)(F)F)cc1C(F)(F)F. The molecule has 30 heavy (non-hydrogen) atoms. The standard InChI is InChI=1S/C18H15F6N3O3/c19-17(20,21)13-7-11(2-1-10(13)8-25)27-9-14(30-16(27)18(22,23)24)15(29)26-5-3-12(28)4-6-26/h1-2,7,14,16H,3-6,9H2/t14-,16+/m0/s1. The number of amides is 1. The van der Waals surface area contributed by atoms with Gasteiger partial charge in [-0.1, -0.05) is 0 Å². The van der Waals surface area contributed by atoms with E-state index in [1.54, 1.807) is 0 Å². The van der Waals surface area contributed by atoms with Crippen LogP contribution in [0, 0.1) is 11.3 Å². The van der Waals surface area contributed by atoms with E-state index < -0.39 is 54.0 Å². The van der Waals surface area contributed by atoms with E-state index >= 15 is 0 Å². The summed E-state index contributed by atoms with van der Waals surface area (Å²) in [6.07, 6.45) is -14.0. The second-order valence-corrected chi connectivity index (χ2v) is 6.87. The summed E-state index contributed by atoms with van der Waals surface area (Å²) < 4.78 is 85.0. The second kappa shape index (κ2) is 7.79. The molecule has 0 saturated carbocycles. The number of hydrogen-bond acceptors (Lipinski definition) is 5. The van der Waals surface area contributed by atoms with Crippen molar-refractivity contribution in [2.75, 3.05) is 24.5 Å². The number of Topliss-reactive ketones (excluding diaryl/α,β-unsaturated/α-hetero) is 1. The van der Waals surface area contributed by atoms with Crippen molar-refractivity contribution in [1.82, 2.24) is 4.90 Å². The lowest BCUT2D eigenvalue weighted by atomic mass is 10.1. The van der Waals surface area contributed by atoms with Gasteiger partial charge in [-0.05, 0) is 18.2 Å². The van der Waals surface area contributed by atoms with Crippen LogP contribution in [0.4, 0.5) is 32.0 Å². The average molecular weight is 435 g/mol. The Morgan fingerprint density at radius 2 is 1.77 bits per heavy atom. The van der Waals surface area contributed by atoms with Gasteiger partial charge in [-0.3, -0.25) is 9.59 Å². The molecule has 2 heterocycles. The summed E-state index contributed by atoms with van der Waals surface area (Å²) in [6.45, 7) is -0.538. The summed E-state index contributed by atoms with van der Waals surface area (Å²) in [5, 5.41) is 8.85. The van der Waals surface area contributed by atoms with Gasteiger partial charge < -0.3 is 14.5 Å². The largest absolute Gasteiger partial charge is 0.433 e. The predicted molar refractivity (Wildman–Crippen MR) is 89.0 cm³/mol. The number of anilines is 1. The van der Waals surface area contributed by atoms with E-state index in [4.69, 9.17) is 10.00 Å². The van der Waals surface area contributed by atoms with Gasteiger partial charge in [0.1, 0.15) is 5.78 Å². The lowest BCUT2D eigenvalue weighted by Gasteiger charge is -2.28. The van der Waals surface area contributed by atoms with E-state index in [1.807, 2.05) is 0 Å². The number of ether oxygens (including phenoxy) is 1. The third kappa shape index (κ3) is 4.35. The number of alkyl halides is 6. The summed E-state index contributed by atoms with van der Waals surface area (Å²) in [5.74, 6) is -0.831. The molecule has 1 amide bonds. The first-order chi connectivity index (χ1) is 13.9. The van der Waals surface area contributed by atoms with E-state index in [0.29, 0.717) is 11.0 Å². The Hall–Kier alpha value is -2.81. The fourth-order valence-corrected chi connectivity index (χ4v) is 3.40. The quantitative estimate of drug-likeness (QED) is 0.668. The minimum atomic E-state index is -4.99. The van der Waals surface area contributed by atoms with E-state index in [-0.39, 0.29) is 31.7 Å². The van der Waals surface area contributed by atoms with Crippen LogP contribution in [0.5, 0.6) is 0 Å². The number of carbonyl (C=O) groups excluding carboxylic acids is 2. The van der Waals surface area contributed by atoms with Crippen LogP contribution in [0.3, 0.4) is 0 Å². The van der Waals surface area contributed by atoms with Crippen LogP contribution in [0.15, 0.2) is 18.2 Å². The second-order valence-electron chi connectivity index (χ2n) is 6.87. The minimum absolute atomic E-state index is 0.0449. The van der Waals surface area contributed by atoms with Gasteiger partial charge in [0.25, 0.3) is 5.91 Å². The van der Waals surface area contributed by atoms with Crippen LogP contribution in [-0.2, 0) is 20.5 Å². The van der Waals surface area contributed by atoms with Crippen LogP contribution in [0.2, 0.25) is 0 Å². The molecule has 2 aliphatic heterocycles. The Kier molecular flexibility index (Phi) is 5.68. The number of halogens is 6. The fraction of sp³-hybridized carbons (Fsp3) is 0.500. The third-order valence-corrected chi connectivity index (χ3v) is 4.89. The van der Waals surface area contributed by atoms with Crippen LogP contribution in [0.25, 0.3) is 0 Å². The number of nitriles is 1. The summed E-state index contributed by atoms with van der Waals surface area (Å²) >= 11 is 0. The van der Waals surface area contributed by atoms with Gasteiger partial charge in [0.15, 0.2) is 6.10 Å². The molecule has 1 aromatic rings. The molecule has 2 saturated heterocycles. The van der Waals surface area contributed by atoms with Gasteiger partial charge in [0.2, 0.25) is 6.23 Å². The number of nitrogens with zero attached hydrogens (tertiary/aromatic N) is 3. The maximum Gasteiger partial charge on any atom is 0.433 e. The number of carbonyl (C=O) groups is 2. The number of hydrogen-bond donors (Lipinski definition) is 0. The highest BCUT2D eigenvalue weighted by atomic mass is 19.4. The van der Waals surface area contributed by atoms with E-state index in [9.17, 15) is 35.9 Å². The van der Waals surface area contributed by atoms with Crippen LogP contribution in [-0.4, -0.2) is 54.7 Å². The highest BCUT2D eigenvalue weighted by molar-refractivity contribution is 5.86. The molecule has 2 atom stereocenters. The zero-order valence-corrected chi connectivity index (χ0v) is 15.3. The minimum Gasteiger partial charge on any atom is -0.339 e. The van der Waals surface area contributed by atoms with Crippen molar-refractivity contribution >= 4 is 17.4 Å². The molecule has 0 aromatic heterocycles. The average Bonchev–Trinajstić information content (AvgIpc) is 3.13. The summed E-state index contributed by atoms with van der Waals surface area (Å²) in [5.41, 5.74) is -2.60. The number of likely N-dealkylation sites (tertiary alicyclic amines) is 1. The van der Waals surface area contributed by atoms with Crippen LogP contribution < -0.4 is 4.90 Å². The van der Waals surface area contributed by atoms with Crippen molar-refractivity contribution in [3.05, 3.63) is 29.3 Å². The molecule has 0 bridgehead atoms. The Labute approximate surface area is 166 Å². The normalized spacial score (nSPS) is 22.9. The summed E-state index contributed by atoms with van der Waals surface area (Å²) in [4.78, 5) is 25.6. The Balaban J connectivity index is 1.90. The van der Waals surface area contributed by atoms with Crippen LogP contribution >= 0.6 is 0 Å². The zero-order valence-electron chi connectivity index (χ0n) is 15.3. The fourth-order valence-electron chi connectivity index (χ4n) is 3.40. The number of piperidine rings is 1. The maximum atomic E-state index is 13.5. The molecule has 2 aliphatic rings. The van der Waals surface area contributed by atoms with Crippen molar-refractivity contribution < 1.29 is 40.7 Å². The topological polar surface area (TPSA) is 73.6 Å². The molecule has 162 valence electrons. The van der Waals surface area contributed by atoms with Crippen molar-refractivity contribution in [2.45, 2.75) is 37.5 Å². The van der Waals surface area contributed by atoms with Crippen LogP contribution in [0.1, 0.15) is 24.0 Å². The van der Waals surface area contributed by atoms with Gasteiger partial charge in [-0.15, -0.1) is 0 Å². The molecule has 0 unspecified atom stereocenters. The van der Waals surface area contributed by atoms with Crippen molar-refractivity contribution in [3.63, 3.8) is 0 Å². The van der Waals surface area contributed by atoms with E-state index in [2.05, 4.69) is 0 Å². The van der Waals surface area contributed by atoms with Gasteiger partial charge in [-0.25, -0.2) is 0 Å². The first kappa shape index (κ1) is 21.9. The summed E-state index contributed by atoms with van der Waals surface area (Å²) in [7, 11) is 0. The number of rotatable bonds is 2. The number of ketones is 1. The molecule has 6 nitrogen and oxygen atoms in total. The smallest absolute Gasteiger partial charge is 0.339 e. The van der Waals surface area contributed by atoms with Gasteiger partial charge in [0.05, 0.1) is 23.7 Å². The molecular weight excluding hydrogens is 420 g/mol. The van der Waals surface area contributed by atoms with Crippen molar-refractivity contribution in [2.24, 2.45) is 0 Å². The lowest BCUT2D eigenvalue weighted by Crippen LogP contribution is -2.45. The highest BCUT2D eigenvalue weighted by Crippen LogP contribution is 2.39. The highest BCUT2D eigenvalue weighted by Gasteiger charge is 2.53. The molecule has 0 radical (unpaired) electrons. The molecule has 12 heteroatoms. The molecule has 0 aliphatic carbocycles. The Morgan fingerprint density at radius 3 is 2.30 bits per heavy atom. The van der Waals surface area contributed by atoms with E-state index in [0.717, 1.165) is 12.1 Å². The van der Waals surface area contributed by atoms with Crippen molar-refractivity contribution in [3.8, 4) is 6.07 Å². The molecule has 2 fully saturated rings. The predicted octanol–water partition coefficient (Wildman–Crippen LogP) is 2.86. The molecule has 3 rings (SSSR count). The monoisotopic (exact) mass is 435 g/mol. The molecule has 1 aromatic carbocycles. The van der Waals surface area contributed by atoms with Crippen molar-refractivity contribution in [1.29, 1.82) is 5.26 Å². The zero-order chi connectivity index (χ0) is 22.3. The first-order valence-electron chi connectivity index (χ1n) is 8.82. The Morgan fingerprint density at radius 1 is 1.13 bits per heavy atom. The summed E-state index contributed by atoms with van der Waals surface area (Å²) in [6, 6.07) is 3.51.